The van der Waals surface area contributed by atoms with Crippen LogP contribution in [-0.4, -0.2) is 60.2 Å². The Hall–Kier alpha value is -1.98. The number of carbonyl (C=O) groups excluding carboxylic acids is 2. The molecular weight excluding hydrogens is 262 g/mol. The average Bonchev–Trinajstić information content (AvgIpc) is 2.46. The maximum Gasteiger partial charge on any atom is 0.482 e. The van der Waals surface area contributed by atoms with Gasteiger partial charge in [-0.25, -0.2) is 9.59 Å². The van der Waals surface area contributed by atoms with Gasteiger partial charge in [0.15, 0.2) is 0 Å². The summed E-state index contributed by atoms with van der Waals surface area (Å²) in [5, 5.41) is 0. The third-order valence-corrected chi connectivity index (χ3v) is 2.76. The molecule has 0 saturated heterocycles. The molecule has 0 fully saturated rings. The minimum absolute atomic E-state index is 0.0909. The molecular formula is C13H19N3O4. The Morgan fingerprint density at radius 2 is 2.05 bits per heavy atom. The van der Waals surface area contributed by atoms with E-state index in [0.717, 1.165) is 26.1 Å². The lowest BCUT2D eigenvalue weighted by molar-refractivity contribution is -0.149. The van der Waals surface area contributed by atoms with E-state index in [1.165, 1.54) is 0 Å². The first-order chi connectivity index (χ1) is 9.69. The van der Waals surface area contributed by atoms with Crippen LogP contribution in [0, 0.1) is 0 Å². The van der Waals surface area contributed by atoms with Crippen molar-refractivity contribution in [3.63, 3.8) is 0 Å². The summed E-state index contributed by atoms with van der Waals surface area (Å²) in [5.74, 6) is -1.95. The second kappa shape index (κ2) is 9.01. The Bertz CT molecular complexity index is 427. The number of rotatable bonds is 7. The van der Waals surface area contributed by atoms with Crippen LogP contribution in [0.1, 0.15) is 19.8 Å². The van der Waals surface area contributed by atoms with E-state index < -0.39 is 17.7 Å². The quantitative estimate of drug-likeness (QED) is 0.128. The molecule has 0 atom stereocenters. The number of carbonyl (C=O) groups is 2. The molecule has 1 aliphatic rings. The summed E-state index contributed by atoms with van der Waals surface area (Å²) in [5.41, 5.74) is 7.90. The largest absolute Gasteiger partial charge is 0.482 e. The third-order valence-electron chi connectivity index (χ3n) is 2.76. The number of hydrogen-bond acceptors (Lipinski definition) is 5. The molecule has 7 nitrogen and oxygen atoms in total. The number of nitrogens with zero attached hydrogens (tertiary/aromatic N) is 3. The fraction of sp³-hybridized carbons (Fsp3) is 0.615. The van der Waals surface area contributed by atoms with E-state index in [4.69, 9.17) is 10.3 Å². The van der Waals surface area contributed by atoms with Crippen molar-refractivity contribution >= 4 is 17.7 Å². The highest BCUT2D eigenvalue weighted by Crippen LogP contribution is 2.01. The van der Waals surface area contributed by atoms with Crippen LogP contribution in [0.5, 0.6) is 0 Å². The molecule has 1 heterocycles. The molecule has 0 aromatic rings. The van der Waals surface area contributed by atoms with Gasteiger partial charge in [-0.15, -0.1) is 0 Å². The van der Waals surface area contributed by atoms with Gasteiger partial charge < -0.3 is 15.0 Å². The van der Waals surface area contributed by atoms with Crippen LogP contribution in [0.2, 0.25) is 0 Å². The fourth-order valence-corrected chi connectivity index (χ4v) is 1.78. The van der Waals surface area contributed by atoms with E-state index in [0.29, 0.717) is 6.42 Å². The smallest absolute Gasteiger partial charge is 0.457 e. The predicted molar refractivity (Wildman–Crippen MR) is 71.0 cm³/mol. The normalized spacial score (nSPS) is 14.4. The summed E-state index contributed by atoms with van der Waals surface area (Å²) in [4.78, 5) is 27.6. The minimum Gasteiger partial charge on any atom is -0.457 e. The van der Waals surface area contributed by atoms with Crippen molar-refractivity contribution in [3.05, 3.63) is 17.7 Å². The number of esters is 2. The molecule has 0 aromatic heterocycles. The summed E-state index contributed by atoms with van der Waals surface area (Å²) in [7, 11) is 0. The van der Waals surface area contributed by atoms with E-state index in [1.54, 1.807) is 6.92 Å². The molecule has 0 saturated carbocycles. The summed E-state index contributed by atoms with van der Waals surface area (Å²) >= 11 is 0. The van der Waals surface area contributed by atoms with Crippen LogP contribution in [0.15, 0.2) is 12.2 Å². The molecule has 1 aliphatic heterocycles. The van der Waals surface area contributed by atoms with Gasteiger partial charge in [0, 0.05) is 19.6 Å². The van der Waals surface area contributed by atoms with Crippen molar-refractivity contribution < 1.29 is 23.9 Å². The van der Waals surface area contributed by atoms with Gasteiger partial charge in [0.1, 0.15) is 0 Å². The Kier molecular flexibility index (Phi) is 7.24. The van der Waals surface area contributed by atoms with E-state index >= 15 is 0 Å². The van der Waals surface area contributed by atoms with Crippen LogP contribution in [0.3, 0.4) is 0 Å². The second-order valence-corrected chi connectivity index (χ2v) is 4.22. The summed E-state index contributed by atoms with van der Waals surface area (Å²) in [6.07, 6.45) is 5.93. The molecule has 0 unspecified atom stereocenters. The average molecular weight is 281 g/mol. The molecule has 0 aliphatic carbocycles. The van der Waals surface area contributed by atoms with Crippen LogP contribution in [-0.2, 0) is 19.1 Å². The zero-order valence-electron chi connectivity index (χ0n) is 11.6. The molecule has 0 amide bonds. The predicted octanol–water partition coefficient (Wildman–Crippen LogP) is 0.415. The Labute approximate surface area is 117 Å². The number of hydrogen-bond donors (Lipinski definition) is 0. The van der Waals surface area contributed by atoms with Crippen LogP contribution >= 0.6 is 0 Å². The molecule has 20 heavy (non-hydrogen) atoms. The van der Waals surface area contributed by atoms with E-state index in [9.17, 15) is 9.59 Å². The molecule has 1 rings (SSSR count). The first-order valence-electron chi connectivity index (χ1n) is 6.62. The lowest BCUT2D eigenvalue weighted by Crippen LogP contribution is -2.31. The maximum absolute atomic E-state index is 11.5. The van der Waals surface area contributed by atoms with Crippen molar-refractivity contribution in [2.24, 2.45) is 0 Å². The molecule has 0 N–H and O–H groups in total. The number of ether oxygens (including phenoxy) is 2. The fourth-order valence-electron chi connectivity index (χ4n) is 1.78. The molecule has 7 heteroatoms. The van der Waals surface area contributed by atoms with Crippen molar-refractivity contribution in [2.45, 2.75) is 19.8 Å². The molecule has 0 aromatic carbocycles. The topological polar surface area (TPSA) is 92.2 Å². The zero-order chi connectivity index (χ0) is 14.8. The molecule has 0 bridgehead atoms. The van der Waals surface area contributed by atoms with Gasteiger partial charge in [-0.1, -0.05) is 12.2 Å². The van der Waals surface area contributed by atoms with Gasteiger partial charge in [0.05, 0.1) is 13.2 Å². The van der Waals surface area contributed by atoms with Crippen molar-refractivity contribution in [1.29, 1.82) is 0 Å². The summed E-state index contributed by atoms with van der Waals surface area (Å²) in [6, 6.07) is 0. The first-order valence-corrected chi connectivity index (χ1v) is 6.62. The monoisotopic (exact) mass is 281 g/mol. The van der Waals surface area contributed by atoms with Gasteiger partial charge >= 0.3 is 17.7 Å². The maximum atomic E-state index is 11.5. The standard InChI is InChI=1S/C13H19N3O4/c1-2-19-12(17)11(15-14)13(18)20-10-6-9-16-7-4-3-5-8-16/h3-4H,2,5-10H2,1H3. The van der Waals surface area contributed by atoms with Gasteiger partial charge in [-0.2, -0.15) is 4.79 Å². The SMILES string of the molecule is CCOC(=O)C(=[N+]=[N-])C(=O)OCCCN1CC=CCC1. The van der Waals surface area contributed by atoms with Gasteiger partial charge in [0.2, 0.25) is 0 Å². The lowest BCUT2D eigenvalue weighted by Gasteiger charge is -2.22. The van der Waals surface area contributed by atoms with E-state index in [2.05, 4.69) is 26.6 Å². The van der Waals surface area contributed by atoms with Crippen molar-refractivity contribution in [3.8, 4) is 0 Å². The van der Waals surface area contributed by atoms with E-state index in [1.807, 2.05) is 0 Å². The second-order valence-electron chi connectivity index (χ2n) is 4.22. The van der Waals surface area contributed by atoms with Crippen LogP contribution < -0.4 is 0 Å². The first kappa shape index (κ1) is 16.1. The third kappa shape index (κ3) is 5.34. The highest BCUT2D eigenvalue weighted by atomic mass is 16.6. The highest BCUT2D eigenvalue weighted by Gasteiger charge is 2.32. The molecule has 0 spiro atoms. The Morgan fingerprint density at radius 1 is 1.30 bits per heavy atom. The molecule has 0 radical (unpaired) electrons. The zero-order valence-corrected chi connectivity index (χ0v) is 11.6. The lowest BCUT2D eigenvalue weighted by atomic mass is 10.2. The van der Waals surface area contributed by atoms with Crippen LogP contribution in [0.4, 0.5) is 0 Å². The minimum atomic E-state index is -0.985. The summed E-state index contributed by atoms with van der Waals surface area (Å²) < 4.78 is 9.45. The van der Waals surface area contributed by atoms with E-state index in [-0.39, 0.29) is 13.2 Å². The summed E-state index contributed by atoms with van der Waals surface area (Å²) in [6.45, 7) is 4.55. The van der Waals surface area contributed by atoms with Crippen molar-refractivity contribution in [1.82, 2.24) is 4.90 Å². The Morgan fingerprint density at radius 3 is 2.65 bits per heavy atom. The molecule has 110 valence electrons. The highest BCUT2D eigenvalue weighted by molar-refractivity contribution is 6.60. The Balaban J connectivity index is 2.26. The van der Waals surface area contributed by atoms with Crippen molar-refractivity contribution in [2.75, 3.05) is 32.8 Å². The van der Waals surface area contributed by atoms with Crippen LogP contribution in [0.25, 0.3) is 5.53 Å². The van der Waals surface area contributed by atoms with Gasteiger partial charge in [0.25, 0.3) is 0 Å². The van der Waals surface area contributed by atoms with Gasteiger partial charge in [-0.05, 0) is 19.8 Å². The van der Waals surface area contributed by atoms with Gasteiger partial charge in [-0.3, -0.25) is 4.90 Å².